The van der Waals surface area contributed by atoms with Gasteiger partial charge in [0.05, 0.1) is 13.2 Å². The smallest absolute Gasteiger partial charge is 0.154 e. The highest BCUT2D eigenvalue weighted by Gasteiger charge is 2.15. The fraction of sp³-hybridized carbons (Fsp3) is 0.318. The van der Waals surface area contributed by atoms with Crippen molar-refractivity contribution in [2.45, 2.75) is 33.6 Å². The van der Waals surface area contributed by atoms with Gasteiger partial charge in [0.1, 0.15) is 22.9 Å². The number of ether oxygens (including phenoxy) is 2. The van der Waals surface area contributed by atoms with Crippen LogP contribution in [0.2, 0.25) is 0 Å². The van der Waals surface area contributed by atoms with Crippen molar-refractivity contribution in [3.63, 3.8) is 0 Å². The minimum absolute atomic E-state index is 0.202. The molecule has 1 aromatic heterocycles. The van der Waals surface area contributed by atoms with E-state index < -0.39 is 0 Å². The Morgan fingerprint density at radius 1 is 0.704 bits per heavy atom. The Morgan fingerprint density at radius 3 is 1.63 bits per heavy atom. The quantitative estimate of drug-likeness (QED) is 0.583. The molecule has 5 nitrogen and oxygen atoms in total. The Bertz CT molecular complexity index is 875. The number of hydrogen-bond donors (Lipinski definition) is 0. The summed E-state index contributed by atoms with van der Waals surface area (Å²) in [5, 5.41) is 8.83. The van der Waals surface area contributed by atoms with Crippen molar-refractivity contribution in [1.29, 1.82) is 0 Å². The molecule has 0 aliphatic rings. The number of nitrogens with zero attached hydrogens (tertiary/aromatic N) is 3. The summed E-state index contributed by atoms with van der Waals surface area (Å²) < 4.78 is 11.1. The van der Waals surface area contributed by atoms with Crippen LogP contribution in [-0.2, 0) is 0 Å². The van der Waals surface area contributed by atoms with Gasteiger partial charge in [0.25, 0.3) is 0 Å². The lowest BCUT2D eigenvalue weighted by atomic mass is 10.0. The van der Waals surface area contributed by atoms with E-state index in [1.54, 1.807) is 0 Å². The fourth-order valence-electron chi connectivity index (χ4n) is 2.73. The van der Waals surface area contributed by atoms with Gasteiger partial charge >= 0.3 is 0 Å². The number of benzene rings is 2. The van der Waals surface area contributed by atoms with Gasteiger partial charge in [-0.2, -0.15) is 0 Å². The first kappa shape index (κ1) is 18.8. The third kappa shape index (κ3) is 4.42. The molecule has 0 spiro atoms. The highest BCUT2D eigenvalue weighted by atomic mass is 16.5. The number of rotatable bonds is 7. The lowest BCUT2D eigenvalue weighted by Gasteiger charge is -2.12. The van der Waals surface area contributed by atoms with Crippen LogP contribution in [0.3, 0.4) is 0 Å². The van der Waals surface area contributed by atoms with Gasteiger partial charge in [-0.25, -0.2) is 4.98 Å². The van der Waals surface area contributed by atoms with Crippen molar-refractivity contribution in [2.24, 2.45) is 0 Å². The average molecular weight is 363 g/mol. The normalized spacial score (nSPS) is 10.9. The SMILES string of the molecule is CCOc1ccc(-c2nnc(C(C)C)nc2-c2ccc(OCC)cc2)cc1. The topological polar surface area (TPSA) is 57.1 Å². The monoisotopic (exact) mass is 363 g/mol. The van der Waals surface area contributed by atoms with E-state index in [1.165, 1.54) is 0 Å². The van der Waals surface area contributed by atoms with E-state index in [-0.39, 0.29) is 5.92 Å². The Balaban J connectivity index is 2.05. The summed E-state index contributed by atoms with van der Waals surface area (Å²) in [6.45, 7) is 9.36. The zero-order valence-electron chi connectivity index (χ0n) is 16.3. The Kier molecular flexibility index (Phi) is 6.01. The van der Waals surface area contributed by atoms with E-state index >= 15 is 0 Å². The molecule has 0 unspecified atom stereocenters. The van der Waals surface area contributed by atoms with E-state index in [0.717, 1.165) is 39.8 Å². The molecular weight excluding hydrogens is 338 g/mol. The minimum atomic E-state index is 0.202. The van der Waals surface area contributed by atoms with Crippen LogP contribution in [0.15, 0.2) is 48.5 Å². The molecule has 5 heteroatoms. The summed E-state index contributed by atoms with van der Waals surface area (Å²) in [6.07, 6.45) is 0. The number of hydrogen-bond acceptors (Lipinski definition) is 5. The van der Waals surface area contributed by atoms with Crippen molar-refractivity contribution in [1.82, 2.24) is 15.2 Å². The first-order chi connectivity index (χ1) is 13.1. The summed E-state index contributed by atoms with van der Waals surface area (Å²) in [4.78, 5) is 4.81. The van der Waals surface area contributed by atoms with E-state index in [0.29, 0.717) is 13.2 Å². The van der Waals surface area contributed by atoms with E-state index in [4.69, 9.17) is 14.5 Å². The lowest BCUT2D eigenvalue weighted by Crippen LogP contribution is -2.04. The van der Waals surface area contributed by atoms with Crippen LogP contribution in [0.1, 0.15) is 39.4 Å². The van der Waals surface area contributed by atoms with E-state index in [9.17, 15) is 0 Å². The Morgan fingerprint density at radius 2 is 1.19 bits per heavy atom. The Labute approximate surface area is 160 Å². The lowest BCUT2D eigenvalue weighted by molar-refractivity contribution is 0.340. The summed E-state index contributed by atoms with van der Waals surface area (Å²) in [5.74, 6) is 2.61. The van der Waals surface area contributed by atoms with E-state index in [1.807, 2.05) is 62.4 Å². The van der Waals surface area contributed by atoms with Gasteiger partial charge in [-0.15, -0.1) is 10.2 Å². The molecule has 0 fully saturated rings. The van der Waals surface area contributed by atoms with Gasteiger partial charge in [0.15, 0.2) is 5.82 Å². The largest absolute Gasteiger partial charge is 0.494 e. The molecule has 0 aliphatic carbocycles. The maximum Gasteiger partial charge on any atom is 0.154 e. The van der Waals surface area contributed by atoms with Crippen LogP contribution in [0.5, 0.6) is 11.5 Å². The molecule has 0 amide bonds. The summed E-state index contributed by atoms with van der Waals surface area (Å²) in [5.41, 5.74) is 3.52. The van der Waals surface area contributed by atoms with Gasteiger partial charge < -0.3 is 9.47 Å². The second kappa shape index (κ2) is 8.62. The van der Waals surface area contributed by atoms with Gasteiger partial charge in [-0.05, 0) is 62.4 Å². The van der Waals surface area contributed by atoms with Crippen molar-refractivity contribution in [2.75, 3.05) is 13.2 Å². The van der Waals surface area contributed by atoms with Crippen LogP contribution in [0, 0.1) is 0 Å². The van der Waals surface area contributed by atoms with Crippen LogP contribution < -0.4 is 9.47 Å². The molecule has 140 valence electrons. The van der Waals surface area contributed by atoms with Crippen LogP contribution in [-0.4, -0.2) is 28.4 Å². The van der Waals surface area contributed by atoms with Crippen LogP contribution >= 0.6 is 0 Å². The van der Waals surface area contributed by atoms with Crippen molar-refractivity contribution in [3.05, 3.63) is 54.4 Å². The molecule has 0 aliphatic heterocycles. The van der Waals surface area contributed by atoms with E-state index in [2.05, 4.69) is 24.0 Å². The van der Waals surface area contributed by atoms with Gasteiger partial charge in [-0.3, -0.25) is 0 Å². The van der Waals surface area contributed by atoms with Crippen molar-refractivity contribution >= 4 is 0 Å². The van der Waals surface area contributed by atoms with Crippen molar-refractivity contribution < 1.29 is 9.47 Å². The maximum atomic E-state index is 5.55. The first-order valence-corrected chi connectivity index (χ1v) is 9.33. The molecule has 3 rings (SSSR count). The predicted molar refractivity (Wildman–Crippen MR) is 107 cm³/mol. The molecule has 0 saturated carbocycles. The molecule has 2 aromatic carbocycles. The fourth-order valence-corrected chi connectivity index (χ4v) is 2.73. The van der Waals surface area contributed by atoms with Crippen LogP contribution in [0.25, 0.3) is 22.5 Å². The highest BCUT2D eigenvalue weighted by Crippen LogP contribution is 2.31. The molecule has 0 saturated heterocycles. The molecule has 0 radical (unpaired) electrons. The standard InChI is InChI=1S/C22H25N3O2/c1-5-26-18-11-7-16(8-12-18)20-21(24-25-22(23-20)15(3)4)17-9-13-19(14-10-17)27-6-2/h7-15H,5-6H2,1-4H3. The molecule has 0 atom stereocenters. The van der Waals surface area contributed by atoms with Gasteiger partial charge in [-0.1, -0.05) is 13.8 Å². The van der Waals surface area contributed by atoms with Crippen LogP contribution in [0.4, 0.5) is 0 Å². The molecule has 0 N–H and O–H groups in total. The second-order valence-corrected chi connectivity index (χ2v) is 6.44. The van der Waals surface area contributed by atoms with Gasteiger partial charge in [0, 0.05) is 17.0 Å². The molecule has 27 heavy (non-hydrogen) atoms. The highest BCUT2D eigenvalue weighted by molar-refractivity contribution is 5.77. The summed E-state index contributed by atoms with van der Waals surface area (Å²) in [6, 6.07) is 15.8. The minimum Gasteiger partial charge on any atom is -0.494 e. The first-order valence-electron chi connectivity index (χ1n) is 9.33. The molecule has 0 bridgehead atoms. The third-order valence-electron chi connectivity index (χ3n) is 4.10. The second-order valence-electron chi connectivity index (χ2n) is 6.44. The zero-order valence-corrected chi connectivity index (χ0v) is 16.3. The zero-order chi connectivity index (χ0) is 19.2. The van der Waals surface area contributed by atoms with Gasteiger partial charge in [0.2, 0.25) is 0 Å². The Hall–Kier alpha value is -2.95. The average Bonchev–Trinajstić information content (AvgIpc) is 2.69. The summed E-state index contributed by atoms with van der Waals surface area (Å²) in [7, 11) is 0. The molecule has 3 aromatic rings. The predicted octanol–water partition coefficient (Wildman–Crippen LogP) is 5.13. The van der Waals surface area contributed by atoms with Crippen molar-refractivity contribution in [3.8, 4) is 34.0 Å². The third-order valence-corrected chi connectivity index (χ3v) is 4.10. The summed E-state index contributed by atoms with van der Waals surface area (Å²) >= 11 is 0. The maximum absolute atomic E-state index is 5.55. The number of aromatic nitrogens is 3. The molecular formula is C22H25N3O2. The molecule has 1 heterocycles.